The Kier molecular flexibility index (Phi) is 4.40. The van der Waals surface area contributed by atoms with Crippen LogP contribution < -0.4 is 0 Å². The summed E-state index contributed by atoms with van der Waals surface area (Å²) in [6.45, 7) is 3.90. The number of hydrogen-bond acceptors (Lipinski definition) is 0. The molecule has 1 unspecified atom stereocenters. The van der Waals surface area contributed by atoms with Gasteiger partial charge in [-0.15, -0.1) is 11.6 Å². The molecule has 78 valence electrons. The first-order valence-corrected chi connectivity index (χ1v) is 5.49. The molecule has 1 rings (SSSR count). The van der Waals surface area contributed by atoms with E-state index in [1.54, 1.807) is 13.0 Å². The van der Waals surface area contributed by atoms with Gasteiger partial charge in [-0.05, 0) is 30.5 Å². The highest BCUT2D eigenvalue weighted by molar-refractivity contribution is 6.20. The maximum atomic E-state index is 13.0. The Labute approximate surface area is 90.1 Å². The van der Waals surface area contributed by atoms with Crippen LogP contribution in [0.1, 0.15) is 42.7 Å². The number of hydrogen-bond donors (Lipinski definition) is 0. The van der Waals surface area contributed by atoms with Gasteiger partial charge in [0, 0.05) is 0 Å². The van der Waals surface area contributed by atoms with Crippen LogP contribution in [0.5, 0.6) is 0 Å². The Morgan fingerprint density at radius 3 is 2.71 bits per heavy atom. The molecule has 0 fully saturated rings. The summed E-state index contributed by atoms with van der Waals surface area (Å²) < 4.78 is 13.0. The molecule has 0 bridgehead atoms. The summed E-state index contributed by atoms with van der Waals surface area (Å²) in [6, 6.07) is 5.10. The molecule has 0 aromatic heterocycles. The molecular formula is C12H16ClF. The van der Waals surface area contributed by atoms with Gasteiger partial charge >= 0.3 is 0 Å². The third-order valence-corrected chi connectivity index (χ3v) is 2.83. The number of halogens is 2. The molecule has 0 saturated heterocycles. The van der Waals surface area contributed by atoms with Gasteiger partial charge in [-0.2, -0.15) is 0 Å². The second-order valence-electron chi connectivity index (χ2n) is 3.62. The molecule has 0 radical (unpaired) electrons. The Morgan fingerprint density at radius 2 is 2.14 bits per heavy atom. The predicted octanol–water partition coefficient (Wildman–Crippen LogP) is 4.60. The summed E-state index contributed by atoms with van der Waals surface area (Å²) in [7, 11) is 0. The van der Waals surface area contributed by atoms with Gasteiger partial charge in [0.2, 0.25) is 0 Å². The summed E-state index contributed by atoms with van der Waals surface area (Å²) in [5.74, 6) is -0.159. The van der Waals surface area contributed by atoms with Crippen molar-refractivity contribution in [3.63, 3.8) is 0 Å². The molecule has 0 aliphatic rings. The highest BCUT2D eigenvalue weighted by Crippen LogP contribution is 2.27. The van der Waals surface area contributed by atoms with Gasteiger partial charge < -0.3 is 0 Å². The van der Waals surface area contributed by atoms with Crippen LogP contribution in [0.2, 0.25) is 0 Å². The van der Waals surface area contributed by atoms with Crippen LogP contribution in [-0.2, 0) is 0 Å². The third-order valence-electron chi connectivity index (χ3n) is 2.35. The van der Waals surface area contributed by atoms with Crippen LogP contribution in [0.4, 0.5) is 4.39 Å². The fourth-order valence-electron chi connectivity index (χ4n) is 1.41. The molecule has 1 atom stereocenters. The summed E-state index contributed by atoms with van der Waals surface area (Å²) in [5, 5.41) is 0.0225. The van der Waals surface area contributed by atoms with Crippen LogP contribution in [0.3, 0.4) is 0 Å². The maximum absolute atomic E-state index is 13.0. The average Bonchev–Trinajstić information content (AvgIpc) is 2.18. The fourth-order valence-corrected chi connectivity index (χ4v) is 1.70. The Bertz CT molecular complexity index is 296. The van der Waals surface area contributed by atoms with E-state index in [0.717, 1.165) is 24.8 Å². The minimum absolute atomic E-state index is 0.0225. The van der Waals surface area contributed by atoms with Gasteiger partial charge in [0.15, 0.2) is 0 Å². The number of aryl methyl sites for hydroxylation is 1. The van der Waals surface area contributed by atoms with E-state index in [9.17, 15) is 4.39 Å². The Morgan fingerprint density at radius 1 is 1.43 bits per heavy atom. The summed E-state index contributed by atoms with van der Waals surface area (Å²) >= 11 is 6.19. The van der Waals surface area contributed by atoms with Crippen molar-refractivity contribution in [2.45, 2.75) is 38.5 Å². The van der Waals surface area contributed by atoms with Crippen LogP contribution in [-0.4, -0.2) is 0 Å². The lowest BCUT2D eigenvalue weighted by Gasteiger charge is -2.09. The monoisotopic (exact) mass is 214 g/mol. The highest BCUT2D eigenvalue weighted by Gasteiger charge is 2.08. The highest BCUT2D eigenvalue weighted by atomic mass is 35.5. The van der Waals surface area contributed by atoms with E-state index < -0.39 is 0 Å². The molecule has 14 heavy (non-hydrogen) atoms. The molecule has 1 aromatic rings. The topological polar surface area (TPSA) is 0 Å². The Balaban J connectivity index is 2.70. The summed E-state index contributed by atoms with van der Waals surface area (Å²) in [6.07, 6.45) is 3.22. The van der Waals surface area contributed by atoms with Crippen molar-refractivity contribution in [3.8, 4) is 0 Å². The lowest BCUT2D eigenvalue weighted by molar-refractivity contribution is 0.616. The Hall–Kier alpha value is -0.560. The molecular weight excluding hydrogens is 199 g/mol. The van der Waals surface area contributed by atoms with Gasteiger partial charge in [-0.25, -0.2) is 4.39 Å². The lowest BCUT2D eigenvalue weighted by atomic mass is 10.0. The van der Waals surface area contributed by atoms with Crippen molar-refractivity contribution < 1.29 is 4.39 Å². The van der Waals surface area contributed by atoms with Crippen molar-refractivity contribution in [1.29, 1.82) is 0 Å². The quantitative estimate of drug-likeness (QED) is 0.643. The second-order valence-corrected chi connectivity index (χ2v) is 4.15. The average molecular weight is 215 g/mol. The number of rotatable bonds is 4. The molecule has 0 aliphatic carbocycles. The van der Waals surface area contributed by atoms with Crippen LogP contribution in [0.25, 0.3) is 0 Å². The summed E-state index contributed by atoms with van der Waals surface area (Å²) in [4.78, 5) is 0. The zero-order chi connectivity index (χ0) is 10.6. The van der Waals surface area contributed by atoms with Gasteiger partial charge in [-0.3, -0.25) is 0 Å². The van der Waals surface area contributed by atoms with E-state index in [1.165, 1.54) is 6.07 Å². The minimum atomic E-state index is -0.159. The van der Waals surface area contributed by atoms with Gasteiger partial charge in [0.1, 0.15) is 5.82 Å². The van der Waals surface area contributed by atoms with Gasteiger partial charge in [0.25, 0.3) is 0 Å². The number of unbranched alkanes of at least 4 members (excludes halogenated alkanes) is 1. The molecule has 2 heteroatoms. The van der Waals surface area contributed by atoms with Crippen LogP contribution in [0, 0.1) is 12.7 Å². The van der Waals surface area contributed by atoms with E-state index in [0.29, 0.717) is 5.56 Å². The van der Waals surface area contributed by atoms with Crippen molar-refractivity contribution in [2.75, 3.05) is 0 Å². The molecule has 0 amide bonds. The summed E-state index contributed by atoms with van der Waals surface area (Å²) in [5.41, 5.74) is 1.70. The normalized spacial score (nSPS) is 12.9. The SMILES string of the molecule is CCCCC(Cl)c1ccc(F)c(C)c1. The van der Waals surface area contributed by atoms with E-state index in [2.05, 4.69) is 6.92 Å². The van der Waals surface area contributed by atoms with Crippen molar-refractivity contribution in [1.82, 2.24) is 0 Å². The first kappa shape index (κ1) is 11.5. The minimum Gasteiger partial charge on any atom is -0.207 e. The predicted molar refractivity (Wildman–Crippen MR) is 59.3 cm³/mol. The molecule has 0 aliphatic heterocycles. The van der Waals surface area contributed by atoms with Gasteiger partial charge in [0.05, 0.1) is 5.38 Å². The smallest absolute Gasteiger partial charge is 0.126 e. The van der Waals surface area contributed by atoms with Crippen molar-refractivity contribution in [2.24, 2.45) is 0 Å². The first-order valence-electron chi connectivity index (χ1n) is 5.05. The molecule has 0 nitrogen and oxygen atoms in total. The zero-order valence-corrected chi connectivity index (χ0v) is 9.44. The number of alkyl halides is 1. The maximum Gasteiger partial charge on any atom is 0.126 e. The molecule has 0 saturated carbocycles. The molecule has 0 heterocycles. The second kappa shape index (κ2) is 5.35. The fraction of sp³-hybridized carbons (Fsp3) is 0.500. The molecule has 0 spiro atoms. The van der Waals surface area contributed by atoms with Crippen molar-refractivity contribution in [3.05, 3.63) is 35.1 Å². The third kappa shape index (κ3) is 2.98. The van der Waals surface area contributed by atoms with Crippen molar-refractivity contribution >= 4 is 11.6 Å². The van der Waals surface area contributed by atoms with E-state index in [1.807, 2.05) is 6.07 Å². The lowest BCUT2D eigenvalue weighted by Crippen LogP contribution is -1.93. The zero-order valence-electron chi connectivity index (χ0n) is 8.69. The molecule has 0 N–H and O–H groups in total. The van der Waals surface area contributed by atoms with Gasteiger partial charge in [-0.1, -0.05) is 31.9 Å². The van der Waals surface area contributed by atoms with E-state index in [-0.39, 0.29) is 11.2 Å². The largest absolute Gasteiger partial charge is 0.207 e. The van der Waals surface area contributed by atoms with E-state index in [4.69, 9.17) is 11.6 Å². The van der Waals surface area contributed by atoms with Crippen LogP contribution in [0.15, 0.2) is 18.2 Å². The molecule has 1 aromatic carbocycles. The number of benzene rings is 1. The van der Waals surface area contributed by atoms with E-state index >= 15 is 0 Å². The van der Waals surface area contributed by atoms with Crippen LogP contribution >= 0.6 is 11.6 Å². The first-order chi connectivity index (χ1) is 6.65. The standard InChI is InChI=1S/C12H16ClF/c1-3-4-5-11(13)10-6-7-12(14)9(2)8-10/h6-8,11H,3-5H2,1-2H3.